The van der Waals surface area contributed by atoms with E-state index in [0.717, 1.165) is 32.9 Å². The summed E-state index contributed by atoms with van der Waals surface area (Å²) in [5, 5.41) is 30.7. The zero-order valence-electron chi connectivity index (χ0n) is 31.0. The van der Waals surface area contributed by atoms with E-state index >= 15 is 0 Å². The lowest BCUT2D eigenvalue weighted by molar-refractivity contribution is -0.161. The molecular formula is C40H37FN8O7S2. The Morgan fingerprint density at radius 3 is 2.09 bits per heavy atom. The lowest BCUT2D eigenvalue weighted by atomic mass is 9.64. The summed E-state index contributed by atoms with van der Waals surface area (Å²) in [5.74, 6) is -4.15. The number of amides is 2. The topological polar surface area (TPSA) is 225 Å². The number of carbonyl (C=O) groups is 4. The Balaban J connectivity index is 1.22. The SMILES string of the molecule is CC(C)(ON=C(C(=O)NC1C(=O)N2C(C(=O)O)=C(CNC(c3cnc(F)[nH]3)C(c3ccccc3)(c3ccccc3)c3ccccc3)CS[C@@H]12)c1csc(N)n1)C(=O)O. The third-order valence-corrected chi connectivity index (χ3v) is 11.9. The van der Waals surface area contributed by atoms with E-state index in [1.807, 2.05) is 91.0 Å². The number of benzene rings is 3. The number of hydrogen-bond acceptors (Lipinski definition) is 12. The van der Waals surface area contributed by atoms with E-state index in [1.165, 1.54) is 37.2 Å². The molecule has 3 atom stereocenters. The first-order chi connectivity index (χ1) is 27.8. The predicted molar refractivity (Wildman–Crippen MR) is 214 cm³/mol. The molecule has 4 heterocycles. The number of nitrogen functional groups attached to an aromatic ring is 1. The Hall–Kier alpha value is -6.37. The number of thiazole rings is 1. The smallest absolute Gasteiger partial charge is 0.352 e. The van der Waals surface area contributed by atoms with Gasteiger partial charge in [0.2, 0.25) is 5.60 Å². The van der Waals surface area contributed by atoms with Gasteiger partial charge in [-0.15, -0.1) is 23.1 Å². The maximum absolute atomic E-state index is 14.8. The van der Waals surface area contributed by atoms with Crippen LogP contribution in [0.3, 0.4) is 0 Å². The minimum atomic E-state index is -1.81. The molecule has 18 heteroatoms. The molecule has 7 N–H and O–H groups in total. The number of fused-ring (bicyclic) bond motifs is 1. The molecule has 2 amide bonds. The van der Waals surface area contributed by atoms with Crippen LogP contribution in [0.25, 0.3) is 0 Å². The number of carbonyl (C=O) groups excluding carboxylic acids is 2. The number of carboxylic acid groups (broad SMARTS) is 2. The van der Waals surface area contributed by atoms with E-state index < -0.39 is 64.0 Å². The number of hydrogen-bond donors (Lipinski definition) is 6. The summed E-state index contributed by atoms with van der Waals surface area (Å²) in [4.78, 5) is 69.1. The molecule has 3 aromatic carbocycles. The molecule has 1 saturated heterocycles. The number of imidazole rings is 1. The van der Waals surface area contributed by atoms with Crippen molar-refractivity contribution in [3.63, 3.8) is 0 Å². The van der Waals surface area contributed by atoms with Gasteiger partial charge in [0.25, 0.3) is 17.9 Å². The highest BCUT2D eigenvalue weighted by atomic mass is 32.2. The van der Waals surface area contributed by atoms with Crippen LogP contribution in [-0.2, 0) is 29.4 Å². The quantitative estimate of drug-likeness (QED) is 0.0377. The number of nitrogens with zero attached hydrogens (tertiary/aromatic N) is 4. The second-order valence-corrected chi connectivity index (χ2v) is 15.9. The highest BCUT2D eigenvalue weighted by Crippen LogP contribution is 2.49. The van der Waals surface area contributed by atoms with Gasteiger partial charge in [0.05, 0.1) is 23.3 Å². The van der Waals surface area contributed by atoms with Crippen molar-refractivity contribution >= 4 is 57.7 Å². The van der Waals surface area contributed by atoms with Crippen molar-refractivity contribution in [2.45, 2.75) is 42.3 Å². The molecule has 0 spiro atoms. The van der Waals surface area contributed by atoms with Gasteiger partial charge in [-0.2, -0.15) is 4.39 Å². The molecule has 0 saturated carbocycles. The second kappa shape index (κ2) is 16.2. The number of thioether (sulfide) groups is 1. The fourth-order valence-corrected chi connectivity index (χ4v) is 9.00. The van der Waals surface area contributed by atoms with E-state index in [1.54, 1.807) is 0 Å². The van der Waals surface area contributed by atoms with Crippen LogP contribution in [0.2, 0.25) is 0 Å². The Morgan fingerprint density at radius 2 is 1.60 bits per heavy atom. The highest BCUT2D eigenvalue weighted by Gasteiger charge is 2.55. The minimum Gasteiger partial charge on any atom is -0.478 e. The minimum absolute atomic E-state index is 0.00937. The summed E-state index contributed by atoms with van der Waals surface area (Å²) in [7, 11) is 0. The third kappa shape index (κ3) is 7.44. The molecule has 7 rings (SSSR count). The number of aromatic amines is 1. The van der Waals surface area contributed by atoms with Crippen LogP contribution >= 0.6 is 23.1 Å². The number of rotatable bonds is 15. The Morgan fingerprint density at radius 1 is 1.02 bits per heavy atom. The number of aliphatic carboxylic acids is 2. The number of oxime groups is 1. The molecule has 0 bridgehead atoms. The molecule has 0 aliphatic carbocycles. The van der Waals surface area contributed by atoms with E-state index in [9.17, 15) is 33.8 Å². The fourth-order valence-electron chi connectivity index (χ4n) is 7.11. The largest absolute Gasteiger partial charge is 0.478 e. The van der Waals surface area contributed by atoms with E-state index in [0.29, 0.717) is 11.3 Å². The van der Waals surface area contributed by atoms with Gasteiger partial charge >= 0.3 is 11.9 Å². The van der Waals surface area contributed by atoms with Crippen molar-refractivity contribution in [3.8, 4) is 0 Å². The Labute approximate surface area is 339 Å². The summed E-state index contributed by atoms with van der Waals surface area (Å²) in [6.45, 7) is 2.44. The van der Waals surface area contributed by atoms with Gasteiger partial charge < -0.3 is 36.4 Å². The summed E-state index contributed by atoms with van der Waals surface area (Å²) >= 11 is 2.25. The summed E-state index contributed by atoms with van der Waals surface area (Å²) in [5.41, 5.74) is 5.62. The highest BCUT2D eigenvalue weighted by molar-refractivity contribution is 8.00. The molecule has 0 radical (unpaired) electrons. The normalized spacial score (nSPS) is 17.6. The van der Waals surface area contributed by atoms with Crippen molar-refractivity contribution < 1.29 is 38.6 Å². The van der Waals surface area contributed by atoms with Crippen LogP contribution < -0.4 is 16.4 Å². The Bertz CT molecular complexity index is 2310. The number of nitrogens with two attached hydrogens (primary N) is 1. The first-order valence-electron chi connectivity index (χ1n) is 17.8. The first kappa shape index (κ1) is 39.8. The summed E-state index contributed by atoms with van der Waals surface area (Å²) in [6.07, 6.45) is 0.612. The molecule has 15 nitrogen and oxygen atoms in total. The third-order valence-electron chi connectivity index (χ3n) is 9.91. The lowest BCUT2D eigenvalue weighted by Gasteiger charge is -2.49. The van der Waals surface area contributed by atoms with E-state index in [2.05, 4.69) is 30.7 Å². The number of H-pyrrole nitrogens is 1. The van der Waals surface area contributed by atoms with Gasteiger partial charge in [-0.3, -0.25) is 14.5 Å². The van der Waals surface area contributed by atoms with Crippen LogP contribution in [0.4, 0.5) is 9.52 Å². The maximum Gasteiger partial charge on any atom is 0.352 e. The van der Waals surface area contributed by atoms with Gasteiger partial charge in [-0.25, -0.2) is 19.6 Å². The van der Waals surface area contributed by atoms with Gasteiger partial charge in [-0.05, 0) is 36.1 Å². The van der Waals surface area contributed by atoms with Crippen molar-refractivity contribution in [3.05, 3.63) is 148 Å². The number of β-lactam (4-membered cyclic amide) rings is 1. The molecule has 1 fully saturated rings. The summed E-state index contributed by atoms with van der Waals surface area (Å²) in [6, 6.07) is 27.2. The Kier molecular flexibility index (Phi) is 11.2. The second-order valence-electron chi connectivity index (χ2n) is 13.9. The summed E-state index contributed by atoms with van der Waals surface area (Å²) < 4.78 is 14.8. The standard InChI is InChI=1S/C40H37FN8O7S2/c1-39(2,36(54)55)56-48-28(27-21-58-38(42)46-27)32(50)47-29-33(51)49-30(35(52)53)22(20-57-34(29)49)18-43-31(26-19-44-37(41)45-26)40(23-12-6-3-7-13-23,24-14-8-4-9-15-24)25-16-10-5-11-17-25/h3-17,19,21,29,31,34,43H,18,20H2,1-2H3,(H2,42,46)(H,44,45)(H,47,50)(H,52,53)(H,54,55)/t29?,31?,34-/m0/s1. The van der Waals surface area contributed by atoms with Crippen LogP contribution in [0.1, 0.15) is 48.0 Å². The van der Waals surface area contributed by atoms with Gasteiger partial charge in [0, 0.05) is 17.7 Å². The van der Waals surface area contributed by atoms with E-state index in [4.69, 9.17) is 10.6 Å². The number of halogens is 1. The molecule has 2 aromatic heterocycles. The molecule has 5 aromatic rings. The molecule has 2 aliphatic rings. The molecule has 2 unspecified atom stereocenters. The molecule has 298 valence electrons. The van der Waals surface area contributed by atoms with Crippen molar-refractivity contribution in [2.24, 2.45) is 5.16 Å². The van der Waals surface area contributed by atoms with Crippen LogP contribution in [-0.4, -0.2) is 88.8 Å². The van der Waals surface area contributed by atoms with Gasteiger partial charge in [0.1, 0.15) is 22.8 Å². The van der Waals surface area contributed by atoms with Gasteiger partial charge in [0.15, 0.2) is 10.8 Å². The number of carboxylic acids is 2. The molecular weight excluding hydrogens is 788 g/mol. The number of anilines is 1. The average molecular weight is 825 g/mol. The van der Waals surface area contributed by atoms with Crippen LogP contribution in [0.5, 0.6) is 0 Å². The van der Waals surface area contributed by atoms with Crippen LogP contribution in [0.15, 0.2) is 119 Å². The lowest BCUT2D eigenvalue weighted by Crippen LogP contribution is -2.71. The van der Waals surface area contributed by atoms with Crippen LogP contribution in [0, 0.1) is 6.08 Å². The fraction of sp³-hybridized carbons (Fsp3) is 0.225. The monoisotopic (exact) mass is 824 g/mol. The molecule has 2 aliphatic heterocycles. The van der Waals surface area contributed by atoms with Gasteiger partial charge in [-0.1, -0.05) is 96.2 Å². The average Bonchev–Trinajstić information content (AvgIpc) is 3.86. The first-order valence-corrected chi connectivity index (χ1v) is 19.8. The predicted octanol–water partition coefficient (Wildman–Crippen LogP) is 4.28. The maximum atomic E-state index is 14.8. The van der Waals surface area contributed by atoms with E-state index in [-0.39, 0.29) is 28.8 Å². The van der Waals surface area contributed by atoms with Crippen molar-refractivity contribution in [1.82, 2.24) is 30.5 Å². The zero-order valence-corrected chi connectivity index (χ0v) is 32.6. The van der Waals surface area contributed by atoms with Crippen molar-refractivity contribution in [1.29, 1.82) is 0 Å². The number of nitrogens with one attached hydrogen (secondary N) is 3. The zero-order chi connectivity index (χ0) is 41.2. The van der Waals surface area contributed by atoms with Crippen molar-refractivity contribution in [2.75, 3.05) is 18.0 Å². The molecule has 58 heavy (non-hydrogen) atoms. The number of aromatic nitrogens is 3.